The predicted octanol–water partition coefficient (Wildman–Crippen LogP) is 3.27. The van der Waals surface area contributed by atoms with Crippen LogP contribution in [0.5, 0.6) is 0 Å². The van der Waals surface area contributed by atoms with E-state index in [0.717, 1.165) is 19.3 Å². The standard InChI is InChI=1S/C18H34O6/c1-3-5-6-7-8-10-18(20)24-16-14-22-12-11-21-13-15-23-17(19)9-4-2/h3-16H2,1-2H3. The molecule has 0 aromatic rings. The lowest BCUT2D eigenvalue weighted by Crippen LogP contribution is -2.14. The maximum atomic E-state index is 11.4. The average molecular weight is 346 g/mol. The van der Waals surface area contributed by atoms with Crippen molar-refractivity contribution in [1.82, 2.24) is 0 Å². The minimum atomic E-state index is -0.190. The molecule has 0 N–H and O–H groups in total. The van der Waals surface area contributed by atoms with Gasteiger partial charge in [-0.2, -0.15) is 0 Å². The first-order valence-corrected chi connectivity index (χ1v) is 9.17. The Kier molecular flexibility index (Phi) is 17.3. The number of hydrogen-bond acceptors (Lipinski definition) is 6. The minimum Gasteiger partial charge on any atom is -0.463 e. The summed E-state index contributed by atoms with van der Waals surface area (Å²) in [5, 5.41) is 0. The molecule has 0 radical (unpaired) electrons. The first-order valence-electron chi connectivity index (χ1n) is 9.17. The number of ether oxygens (including phenoxy) is 4. The van der Waals surface area contributed by atoms with Crippen molar-refractivity contribution in [2.24, 2.45) is 0 Å². The fourth-order valence-corrected chi connectivity index (χ4v) is 1.97. The van der Waals surface area contributed by atoms with Gasteiger partial charge in [-0.25, -0.2) is 0 Å². The Morgan fingerprint density at radius 3 is 1.62 bits per heavy atom. The molecule has 0 rings (SSSR count). The Hall–Kier alpha value is -1.14. The smallest absolute Gasteiger partial charge is 0.305 e. The molecule has 0 aliphatic rings. The zero-order valence-electron chi connectivity index (χ0n) is 15.3. The highest BCUT2D eigenvalue weighted by atomic mass is 16.6. The number of carbonyl (C=O) groups is 2. The largest absolute Gasteiger partial charge is 0.463 e. The van der Waals surface area contributed by atoms with Gasteiger partial charge in [-0.05, 0) is 12.8 Å². The predicted molar refractivity (Wildman–Crippen MR) is 91.8 cm³/mol. The maximum absolute atomic E-state index is 11.4. The van der Waals surface area contributed by atoms with E-state index >= 15 is 0 Å². The Labute approximate surface area is 146 Å². The Morgan fingerprint density at radius 2 is 1.08 bits per heavy atom. The van der Waals surface area contributed by atoms with Crippen LogP contribution in [0.4, 0.5) is 0 Å². The lowest BCUT2D eigenvalue weighted by molar-refractivity contribution is -0.147. The molecule has 0 aliphatic carbocycles. The molecule has 6 nitrogen and oxygen atoms in total. The molecule has 24 heavy (non-hydrogen) atoms. The van der Waals surface area contributed by atoms with Gasteiger partial charge in [0.25, 0.3) is 0 Å². The minimum absolute atomic E-state index is 0.153. The molecule has 0 atom stereocenters. The van der Waals surface area contributed by atoms with E-state index in [1.54, 1.807) is 0 Å². The SMILES string of the molecule is CCCCCCCC(=O)OCCOCCOCCOC(=O)CCC. The molecule has 6 heteroatoms. The molecular weight excluding hydrogens is 312 g/mol. The third-order valence-electron chi connectivity index (χ3n) is 3.29. The van der Waals surface area contributed by atoms with Crippen LogP contribution in [0.1, 0.15) is 65.2 Å². The summed E-state index contributed by atoms with van der Waals surface area (Å²) in [6.07, 6.45) is 7.33. The second-order valence-corrected chi connectivity index (χ2v) is 5.58. The van der Waals surface area contributed by atoms with Crippen LogP contribution < -0.4 is 0 Å². The van der Waals surface area contributed by atoms with Gasteiger partial charge < -0.3 is 18.9 Å². The summed E-state index contributed by atoms with van der Waals surface area (Å²) in [5.41, 5.74) is 0. The fraction of sp³-hybridized carbons (Fsp3) is 0.889. The van der Waals surface area contributed by atoms with Crippen LogP contribution in [0.25, 0.3) is 0 Å². The molecule has 0 aromatic heterocycles. The van der Waals surface area contributed by atoms with Crippen molar-refractivity contribution in [2.75, 3.05) is 39.6 Å². The van der Waals surface area contributed by atoms with Gasteiger partial charge in [0, 0.05) is 12.8 Å². The summed E-state index contributed by atoms with van der Waals surface area (Å²) in [6.45, 7) is 6.25. The molecule has 0 aliphatic heterocycles. The summed E-state index contributed by atoms with van der Waals surface area (Å²) in [4.78, 5) is 22.5. The van der Waals surface area contributed by atoms with Crippen LogP contribution in [0.2, 0.25) is 0 Å². The number of unbranched alkanes of at least 4 members (excludes halogenated alkanes) is 4. The summed E-state index contributed by atoms with van der Waals surface area (Å²) in [5.74, 6) is -0.343. The van der Waals surface area contributed by atoms with Crippen LogP contribution in [-0.2, 0) is 28.5 Å². The van der Waals surface area contributed by atoms with Gasteiger partial charge in [-0.1, -0.05) is 39.5 Å². The van der Waals surface area contributed by atoms with E-state index in [9.17, 15) is 9.59 Å². The van der Waals surface area contributed by atoms with Gasteiger partial charge in [-0.3, -0.25) is 9.59 Å². The summed E-state index contributed by atoms with van der Waals surface area (Å²) in [7, 11) is 0. The van der Waals surface area contributed by atoms with Gasteiger partial charge in [0.15, 0.2) is 0 Å². The maximum Gasteiger partial charge on any atom is 0.305 e. The van der Waals surface area contributed by atoms with Crippen molar-refractivity contribution in [1.29, 1.82) is 0 Å². The Bertz CT molecular complexity index is 306. The third-order valence-corrected chi connectivity index (χ3v) is 3.29. The van der Waals surface area contributed by atoms with E-state index in [2.05, 4.69) is 6.92 Å². The van der Waals surface area contributed by atoms with Gasteiger partial charge in [0.05, 0.1) is 26.4 Å². The lowest BCUT2D eigenvalue weighted by atomic mass is 10.1. The first-order chi connectivity index (χ1) is 11.7. The zero-order valence-corrected chi connectivity index (χ0v) is 15.3. The topological polar surface area (TPSA) is 71.1 Å². The molecule has 142 valence electrons. The fourth-order valence-electron chi connectivity index (χ4n) is 1.97. The van der Waals surface area contributed by atoms with Crippen molar-refractivity contribution in [3.8, 4) is 0 Å². The zero-order chi connectivity index (χ0) is 17.9. The molecular formula is C18H34O6. The van der Waals surface area contributed by atoms with Crippen LogP contribution in [0, 0.1) is 0 Å². The molecule has 0 fully saturated rings. The Balaban J connectivity index is 3.19. The van der Waals surface area contributed by atoms with Gasteiger partial charge in [0.2, 0.25) is 0 Å². The Morgan fingerprint density at radius 1 is 0.583 bits per heavy atom. The molecule has 0 heterocycles. The van der Waals surface area contributed by atoms with Gasteiger partial charge >= 0.3 is 11.9 Å². The normalized spacial score (nSPS) is 10.6. The number of rotatable bonds is 17. The van der Waals surface area contributed by atoms with Crippen LogP contribution in [0.15, 0.2) is 0 Å². The summed E-state index contributed by atoms with van der Waals surface area (Å²) < 4.78 is 20.6. The summed E-state index contributed by atoms with van der Waals surface area (Å²) in [6, 6.07) is 0. The second-order valence-electron chi connectivity index (χ2n) is 5.58. The molecule has 0 spiro atoms. The molecule has 0 amide bonds. The van der Waals surface area contributed by atoms with Crippen LogP contribution >= 0.6 is 0 Å². The monoisotopic (exact) mass is 346 g/mol. The van der Waals surface area contributed by atoms with Crippen molar-refractivity contribution < 1.29 is 28.5 Å². The summed E-state index contributed by atoms with van der Waals surface area (Å²) >= 11 is 0. The molecule has 0 saturated carbocycles. The van der Waals surface area contributed by atoms with E-state index < -0.39 is 0 Å². The van der Waals surface area contributed by atoms with E-state index in [1.807, 2.05) is 6.92 Å². The lowest BCUT2D eigenvalue weighted by Gasteiger charge is -2.07. The third kappa shape index (κ3) is 17.2. The highest BCUT2D eigenvalue weighted by Crippen LogP contribution is 2.05. The average Bonchev–Trinajstić information content (AvgIpc) is 2.56. The van der Waals surface area contributed by atoms with Crippen molar-refractivity contribution in [3.63, 3.8) is 0 Å². The first kappa shape index (κ1) is 22.9. The number of carbonyl (C=O) groups excluding carboxylic acids is 2. The van der Waals surface area contributed by atoms with Crippen molar-refractivity contribution >= 4 is 11.9 Å². The second kappa shape index (κ2) is 18.2. The van der Waals surface area contributed by atoms with Crippen LogP contribution in [0.3, 0.4) is 0 Å². The van der Waals surface area contributed by atoms with Gasteiger partial charge in [-0.15, -0.1) is 0 Å². The van der Waals surface area contributed by atoms with E-state index in [0.29, 0.717) is 39.3 Å². The van der Waals surface area contributed by atoms with Crippen LogP contribution in [-0.4, -0.2) is 51.6 Å². The molecule has 0 aromatic carbocycles. The van der Waals surface area contributed by atoms with Crippen molar-refractivity contribution in [2.45, 2.75) is 65.2 Å². The molecule has 0 saturated heterocycles. The number of hydrogen-bond donors (Lipinski definition) is 0. The van der Waals surface area contributed by atoms with E-state index in [-0.39, 0.29) is 25.2 Å². The van der Waals surface area contributed by atoms with E-state index in [1.165, 1.54) is 19.3 Å². The molecule has 0 unspecified atom stereocenters. The number of esters is 2. The van der Waals surface area contributed by atoms with Crippen molar-refractivity contribution in [3.05, 3.63) is 0 Å². The van der Waals surface area contributed by atoms with Gasteiger partial charge in [0.1, 0.15) is 13.2 Å². The highest BCUT2D eigenvalue weighted by molar-refractivity contribution is 5.69. The molecule has 0 bridgehead atoms. The van der Waals surface area contributed by atoms with E-state index in [4.69, 9.17) is 18.9 Å². The quantitative estimate of drug-likeness (QED) is 0.297. The highest BCUT2D eigenvalue weighted by Gasteiger charge is 2.02.